The molecule has 0 fully saturated rings. The predicted molar refractivity (Wildman–Crippen MR) is 85.1 cm³/mol. The summed E-state index contributed by atoms with van der Waals surface area (Å²) in [5.74, 6) is 0.608. The molecule has 0 saturated heterocycles. The van der Waals surface area contributed by atoms with E-state index < -0.39 is 0 Å². The number of hydrogen-bond acceptors (Lipinski definition) is 4. The van der Waals surface area contributed by atoms with Crippen molar-refractivity contribution >= 4 is 49.1 Å². The molecule has 6 heteroatoms. The zero-order valence-electron chi connectivity index (χ0n) is 10.3. The maximum absolute atomic E-state index is 6.12. The standard InChI is InChI=1S/C14H10BrClN2OS/c15-11-4-2-1-3-9(11)7-19-8-12-17-13(16)10-5-6-20-14(10)18-12/h1-6H,7-8H2. The molecule has 2 aromatic heterocycles. The van der Waals surface area contributed by atoms with Gasteiger partial charge in [-0.2, -0.15) is 0 Å². The molecule has 102 valence electrons. The van der Waals surface area contributed by atoms with Gasteiger partial charge in [-0.1, -0.05) is 45.7 Å². The van der Waals surface area contributed by atoms with Crippen LogP contribution in [0.2, 0.25) is 5.15 Å². The normalized spacial score (nSPS) is 11.1. The summed E-state index contributed by atoms with van der Waals surface area (Å²) >= 11 is 11.2. The fourth-order valence-electron chi connectivity index (χ4n) is 1.79. The lowest BCUT2D eigenvalue weighted by Crippen LogP contribution is -2.00. The van der Waals surface area contributed by atoms with Gasteiger partial charge >= 0.3 is 0 Å². The highest BCUT2D eigenvalue weighted by atomic mass is 79.9. The molecule has 0 aliphatic heterocycles. The minimum atomic E-state index is 0.342. The Hall–Kier alpha value is -1.01. The van der Waals surface area contributed by atoms with E-state index in [2.05, 4.69) is 25.9 Å². The van der Waals surface area contributed by atoms with Crippen LogP contribution in [0.3, 0.4) is 0 Å². The van der Waals surface area contributed by atoms with Crippen molar-refractivity contribution in [1.29, 1.82) is 0 Å². The molecule has 0 saturated carbocycles. The van der Waals surface area contributed by atoms with Crippen molar-refractivity contribution in [1.82, 2.24) is 9.97 Å². The zero-order valence-corrected chi connectivity index (χ0v) is 13.5. The molecule has 0 atom stereocenters. The van der Waals surface area contributed by atoms with Crippen molar-refractivity contribution in [2.45, 2.75) is 13.2 Å². The van der Waals surface area contributed by atoms with Gasteiger partial charge in [0.1, 0.15) is 16.6 Å². The molecule has 0 unspecified atom stereocenters. The number of fused-ring (bicyclic) bond motifs is 1. The van der Waals surface area contributed by atoms with Crippen molar-refractivity contribution in [3.63, 3.8) is 0 Å². The molecule has 3 aromatic rings. The average Bonchev–Trinajstić information content (AvgIpc) is 2.90. The largest absolute Gasteiger partial charge is 0.369 e. The van der Waals surface area contributed by atoms with Crippen LogP contribution in [0.5, 0.6) is 0 Å². The zero-order chi connectivity index (χ0) is 13.9. The van der Waals surface area contributed by atoms with E-state index in [1.807, 2.05) is 35.7 Å². The molecule has 3 rings (SSSR count). The first-order valence-corrected chi connectivity index (χ1v) is 8.00. The summed E-state index contributed by atoms with van der Waals surface area (Å²) in [5.41, 5.74) is 1.09. The third-order valence-corrected chi connectivity index (χ3v) is 4.64. The third-order valence-electron chi connectivity index (χ3n) is 2.77. The Labute approximate surface area is 133 Å². The monoisotopic (exact) mass is 368 g/mol. The van der Waals surface area contributed by atoms with Crippen LogP contribution >= 0.6 is 38.9 Å². The van der Waals surface area contributed by atoms with Gasteiger partial charge in [-0.05, 0) is 23.1 Å². The molecular formula is C14H10BrClN2OS. The second-order valence-corrected chi connectivity index (χ2v) is 6.26. The lowest BCUT2D eigenvalue weighted by molar-refractivity contribution is 0.101. The first-order chi connectivity index (χ1) is 9.74. The van der Waals surface area contributed by atoms with Crippen LogP contribution in [0.4, 0.5) is 0 Å². The summed E-state index contributed by atoms with van der Waals surface area (Å²) < 4.78 is 6.69. The van der Waals surface area contributed by atoms with E-state index in [1.165, 1.54) is 0 Å². The molecule has 1 aromatic carbocycles. The Morgan fingerprint density at radius 1 is 1.15 bits per heavy atom. The molecule has 0 N–H and O–H groups in total. The van der Waals surface area contributed by atoms with Crippen molar-refractivity contribution in [2.24, 2.45) is 0 Å². The van der Waals surface area contributed by atoms with Crippen LogP contribution < -0.4 is 0 Å². The van der Waals surface area contributed by atoms with Gasteiger partial charge in [0.05, 0.1) is 6.61 Å². The number of rotatable bonds is 4. The van der Waals surface area contributed by atoms with Gasteiger partial charge in [0.25, 0.3) is 0 Å². The Bertz CT molecular complexity index is 747. The molecule has 2 heterocycles. The molecule has 0 aliphatic rings. The van der Waals surface area contributed by atoms with E-state index in [-0.39, 0.29) is 0 Å². The number of ether oxygens (including phenoxy) is 1. The smallest absolute Gasteiger partial charge is 0.157 e. The van der Waals surface area contributed by atoms with Gasteiger partial charge in [0.2, 0.25) is 0 Å². The topological polar surface area (TPSA) is 35.0 Å². The average molecular weight is 370 g/mol. The first kappa shape index (κ1) is 13.9. The Kier molecular flexibility index (Phi) is 4.31. The van der Waals surface area contributed by atoms with Gasteiger partial charge in [0.15, 0.2) is 5.82 Å². The second-order valence-electron chi connectivity index (χ2n) is 4.15. The van der Waals surface area contributed by atoms with Crippen LogP contribution in [0.1, 0.15) is 11.4 Å². The van der Waals surface area contributed by atoms with E-state index in [0.717, 1.165) is 20.3 Å². The van der Waals surface area contributed by atoms with Gasteiger partial charge in [-0.25, -0.2) is 9.97 Å². The minimum Gasteiger partial charge on any atom is -0.369 e. The fourth-order valence-corrected chi connectivity index (χ4v) is 3.28. The van der Waals surface area contributed by atoms with Crippen molar-refractivity contribution < 1.29 is 4.74 Å². The highest BCUT2D eigenvalue weighted by molar-refractivity contribution is 9.10. The molecule has 0 radical (unpaired) electrons. The van der Waals surface area contributed by atoms with Crippen LogP contribution in [0.25, 0.3) is 10.2 Å². The summed E-state index contributed by atoms with van der Waals surface area (Å²) in [4.78, 5) is 9.58. The van der Waals surface area contributed by atoms with Gasteiger partial charge in [-0.15, -0.1) is 11.3 Å². The number of aromatic nitrogens is 2. The number of nitrogens with zero attached hydrogens (tertiary/aromatic N) is 2. The summed E-state index contributed by atoms with van der Waals surface area (Å²) in [7, 11) is 0. The fraction of sp³-hybridized carbons (Fsp3) is 0.143. The summed E-state index contributed by atoms with van der Waals surface area (Å²) in [6, 6.07) is 9.88. The van der Waals surface area contributed by atoms with Crippen molar-refractivity contribution in [3.8, 4) is 0 Å². The van der Waals surface area contributed by atoms with Crippen LogP contribution in [-0.4, -0.2) is 9.97 Å². The van der Waals surface area contributed by atoms with E-state index in [4.69, 9.17) is 16.3 Å². The Morgan fingerprint density at radius 3 is 2.85 bits per heavy atom. The predicted octanol–water partition coefficient (Wildman–Crippen LogP) is 4.82. The van der Waals surface area contributed by atoms with Crippen LogP contribution in [0, 0.1) is 0 Å². The van der Waals surface area contributed by atoms with Crippen molar-refractivity contribution in [2.75, 3.05) is 0 Å². The molecule has 0 bridgehead atoms. The van der Waals surface area contributed by atoms with Crippen LogP contribution in [-0.2, 0) is 18.0 Å². The highest BCUT2D eigenvalue weighted by Crippen LogP contribution is 2.25. The quantitative estimate of drug-likeness (QED) is 0.618. The summed E-state index contributed by atoms with van der Waals surface area (Å²) in [5, 5.41) is 3.33. The lowest BCUT2D eigenvalue weighted by atomic mass is 10.2. The summed E-state index contributed by atoms with van der Waals surface area (Å²) in [6.07, 6.45) is 0. The second kappa shape index (κ2) is 6.18. The SMILES string of the molecule is Clc1nc(COCc2ccccc2Br)nc2sccc12. The highest BCUT2D eigenvalue weighted by Gasteiger charge is 2.07. The molecule has 0 amide bonds. The van der Waals surface area contributed by atoms with E-state index in [9.17, 15) is 0 Å². The third kappa shape index (κ3) is 3.01. The van der Waals surface area contributed by atoms with Crippen LogP contribution in [0.15, 0.2) is 40.2 Å². The van der Waals surface area contributed by atoms with Gasteiger partial charge < -0.3 is 4.74 Å². The maximum Gasteiger partial charge on any atom is 0.157 e. The van der Waals surface area contributed by atoms with Crippen molar-refractivity contribution in [3.05, 3.63) is 56.7 Å². The maximum atomic E-state index is 6.12. The molecule has 20 heavy (non-hydrogen) atoms. The molecule has 3 nitrogen and oxygen atoms in total. The molecule has 0 aliphatic carbocycles. The van der Waals surface area contributed by atoms with Gasteiger partial charge in [0, 0.05) is 9.86 Å². The number of halogens is 2. The molecular weight excluding hydrogens is 360 g/mol. The number of thiophene rings is 1. The summed E-state index contributed by atoms with van der Waals surface area (Å²) in [6.45, 7) is 0.847. The van der Waals surface area contributed by atoms with E-state index in [0.29, 0.717) is 24.2 Å². The number of benzene rings is 1. The lowest BCUT2D eigenvalue weighted by Gasteiger charge is -2.06. The van der Waals surface area contributed by atoms with Gasteiger partial charge in [-0.3, -0.25) is 0 Å². The van der Waals surface area contributed by atoms with E-state index >= 15 is 0 Å². The first-order valence-electron chi connectivity index (χ1n) is 5.95. The Balaban J connectivity index is 1.69. The minimum absolute atomic E-state index is 0.342. The Morgan fingerprint density at radius 2 is 2.00 bits per heavy atom. The number of hydrogen-bond donors (Lipinski definition) is 0. The van der Waals surface area contributed by atoms with E-state index in [1.54, 1.807) is 11.3 Å². The molecule has 0 spiro atoms.